The molecule has 1 aliphatic rings. The van der Waals surface area contributed by atoms with Crippen molar-refractivity contribution >= 4 is 27.4 Å². The number of carbonyl (C=O) groups is 1. The monoisotopic (exact) mass is 329 g/mol. The summed E-state index contributed by atoms with van der Waals surface area (Å²) in [4.78, 5) is 13.8. The Morgan fingerprint density at radius 3 is 2.60 bits per heavy atom. The van der Waals surface area contributed by atoms with Crippen molar-refractivity contribution in [3.63, 3.8) is 0 Å². The molecule has 0 saturated carbocycles. The second-order valence-electron chi connectivity index (χ2n) is 5.16. The van der Waals surface area contributed by atoms with Crippen LogP contribution in [0, 0.1) is 0 Å². The third kappa shape index (κ3) is 2.50. The zero-order chi connectivity index (χ0) is 14.1. The average Bonchev–Trinajstić information content (AvgIpc) is 2.46. The summed E-state index contributed by atoms with van der Waals surface area (Å²) in [5.74, 6) is 0.0902. The lowest BCUT2D eigenvalue weighted by molar-refractivity contribution is 0.101. The van der Waals surface area contributed by atoms with Crippen LogP contribution in [0.5, 0.6) is 0 Å². The average molecular weight is 330 g/mol. The standard InChI is InChI=1S/C17H16BrNO/c1-12(20)16-7-6-15(10-17(16)18)19-9-8-13-4-2-3-5-14(13)11-19/h2-7,10H,8-9,11H2,1H3. The van der Waals surface area contributed by atoms with E-state index in [1.54, 1.807) is 6.92 Å². The van der Waals surface area contributed by atoms with Crippen molar-refractivity contribution in [1.82, 2.24) is 0 Å². The first-order valence-corrected chi connectivity index (χ1v) is 7.56. The van der Waals surface area contributed by atoms with Crippen LogP contribution in [0.15, 0.2) is 46.9 Å². The molecule has 0 fully saturated rings. The summed E-state index contributed by atoms with van der Waals surface area (Å²) < 4.78 is 0.876. The number of nitrogens with zero attached hydrogens (tertiary/aromatic N) is 1. The van der Waals surface area contributed by atoms with Crippen LogP contribution < -0.4 is 4.90 Å². The van der Waals surface area contributed by atoms with Crippen LogP contribution in [0.25, 0.3) is 0 Å². The third-order valence-electron chi connectivity index (χ3n) is 3.83. The molecule has 2 aromatic carbocycles. The molecule has 20 heavy (non-hydrogen) atoms. The van der Waals surface area contributed by atoms with Crippen molar-refractivity contribution < 1.29 is 4.79 Å². The van der Waals surface area contributed by atoms with Gasteiger partial charge in [-0.05, 0) is 58.6 Å². The molecule has 0 unspecified atom stereocenters. The molecule has 1 heterocycles. The van der Waals surface area contributed by atoms with E-state index in [-0.39, 0.29) is 5.78 Å². The molecule has 0 saturated heterocycles. The summed E-state index contributed by atoms with van der Waals surface area (Å²) >= 11 is 3.50. The highest BCUT2D eigenvalue weighted by atomic mass is 79.9. The van der Waals surface area contributed by atoms with Gasteiger partial charge in [0.05, 0.1) is 0 Å². The van der Waals surface area contributed by atoms with E-state index < -0.39 is 0 Å². The smallest absolute Gasteiger partial charge is 0.160 e. The van der Waals surface area contributed by atoms with E-state index in [2.05, 4.69) is 45.1 Å². The summed E-state index contributed by atoms with van der Waals surface area (Å²) in [5.41, 5.74) is 4.75. The summed E-state index contributed by atoms with van der Waals surface area (Å²) in [7, 11) is 0. The van der Waals surface area contributed by atoms with Gasteiger partial charge in [-0.3, -0.25) is 4.79 Å². The molecule has 2 nitrogen and oxygen atoms in total. The molecule has 1 aliphatic heterocycles. The zero-order valence-corrected chi connectivity index (χ0v) is 13.0. The molecular formula is C17H16BrNO. The normalized spacial score (nSPS) is 14.0. The van der Waals surface area contributed by atoms with Crippen LogP contribution in [0.2, 0.25) is 0 Å². The van der Waals surface area contributed by atoms with E-state index in [1.807, 2.05) is 18.2 Å². The molecule has 0 aliphatic carbocycles. The molecule has 0 aromatic heterocycles. The Morgan fingerprint density at radius 1 is 1.15 bits per heavy atom. The molecule has 102 valence electrons. The topological polar surface area (TPSA) is 20.3 Å². The van der Waals surface area contributed by atoms with Gasteiger partial charge in [-0.25, -0.2) is 0 Å². The van der Waals surface area contributed by atoms with Gasteiger partial charge in [0.2, 0.25) is 0 Å². The Bertz CT molecular complexity index is 666. The Hall–Kier alpha value is -1.61. The van der Waals surface area contributed by atoms with Crippen molar-refractivity contribution in [2.45, 2.75) is 19.9 Å². The molecule has 0 spiro atoms. The maximum atomic E-state index is 11.5. The Balaban J connectivity index is 1.88. The van der Waals surface area contributed by atoms with Crippen LogP contribution in [0.3, 0.4) is 0 Å². The molecule has 0 N–H and O–H groups in total. The van der Waals surface area contributed by atoms with Gasteiger partial charge >= 0.3 is 0 Å². The summed E-state index contributed by atoms with van der Waals surface area (Å²) in [6, 6.07) is 14.6. The van der Waals surface area contributed by atoms with Crippen molar-refractivity contribution in [1.29, 1.82) is 0 Å². The van der Waals surface area contributed by atoms with E-state index in [0.717, 1.165) is 35.2 Å². The fraction of sp³-hybridized carbons (Fsp3) is 0.235. The first-order chi connectivity index (χ1) is 9.65. The molecule has 0 atom stereocenters. The number of carbonyl (C=O) groups excluding carboxylic acids is 1. The van der Waals surface area contributed by atoms with Crippen LogP contribution in [-0.2, 0) is 13.0 Å². The minimum absolute atomic E-state index is 0.0902. The Morgan fingerprint density at radius 2 is 1.90 bits per heavy atom. The van der Waals surface area contributed by atoms with Crippen molar-refractivity contribution in [3.8, 4) is 0 Å². The number of Topliss-reactive ketones (excluding diaryl/α,β-unsaturated/α-hetero) is 1. The highest BCUT2D eigenvalue weighted by Crippen LogP contribution is 2.28. The van der Waals surface area contributed by atoms with Gasteiger partial charge in [0.25, 0.3) is 0 Å². The molecule has 3 heteroatoms. The number of halogens is 1. The van der Waals surface area contributed by atoms with Gasteiger partial charge in [0.1, 0.15) is 0 Å². The minimum atomic E-state index is 0.0902. The SMILES string of the molecule is CC(=O)c1ccc(N2CCc3ccccc3C2)cc1Br. The van der Waals surface area contributed by atoms with Gasteiger partial charge in [-0.15, -0.1) is 0 Å². The number of benzene rings is 2. The zero-order valence-electron chi connectivity index (χ0n) is 11.4. The van der Waals surface area contributed by atoms with Crippen LogP contribution in [0.1, 0.15) is 28.4 Å². The lowest BCUT2D eigenvalue weighted by Crippen LogP contribution is -2.30. The fourth-order valence-corrected chi connectivity index (χ4v) is 3.35. The van der Waals surface area contributed by atoms with Gasteiger partial charge in [-0.2, -0.15) is 0 Å². The number of hydrogen-bond donors (Lipinski definition) is 0. The van der Waals surface area contributed by atoms with E-state index in [9.17, 15) is 4.79 Å². The van der Waals surface area contributed by atoms with Crippen molar-refractivity contribution in [3.05, 3.63) is 63.6 Å². The number of hydrogen-bond acceptors (Lipinski definition) is 2. The second-order valence-corrected chi connectivity index (χ2v) is 6.01. The largest absolute Gasteiger partial charge is 0.367 e. The molecule has 0 amide bonds. The molecule has 2 aromatic rings. The predicted molar refractivity (Wildman–Crippen MR) is 85.3 cm³/mol. The first-order valence-electron chi connectivity index (χ1n) is 6.77. The Kier molecular flexibility index (Phi) is 3.62. The van der Waals surface area contributed by atoms with Crippen LogP contribution in [-0.4, -0.2) is 12.3 Å². The number of anilines is 1. The van der Waals surface area contributed by atoms with E-state index in [4.69, 9.17) is 0 Å². The number of ketones is 1. The van der Waals surface area contributed by atoms with Gasteiger partial charge in [0, 0.05) is 28.8 Å². The third-order valence-corrected chi connectivity index (χ3v) is 4.48. The quantitative estimate of drug-likeness (QED) is 0.769. The van der Waals surface area contributed by atoms with E-state index in [0.29, 0.717) is 0 Å². The highest BCUT2D eigenvalue weighted by Gasteiger charge is 2.17. The van der Waals surface area contributed by atoms with Crippen molar-refractivity contribution in [2.75, 3.05) is 11.4 Å². The van der Waals surface area contributed by atoms with Crippen LogP contribution in [0.4, 0.5) is 5.69 Å². The highest BCUT2D eigenvalue weighted by molar-refractivity contribution is 9.10. The first kappa shape index (κ1) is 13.4. The second kappa shape index (κ2) is 5.41. The summed E-state index contributed by atoms with van der Waals surface area (Å²) in [6.07, 6.45) is 1.07. The van der Waals surface area contributed by atoms with Gasteiger partial charge in [0.15, 0.2) is 5.78 Å². The minimum Gasteiger partial charge on any atom is -0.367 e. The lowest BCUT2D eigenvalue weighted by atomic mass is 9.99. The van der Waals surface area contributed by atoms with Crippen molar-refractivity contribution in [2.24, 2.45) is 0 Å². The summed E-state index contributed by atoms with van der Waals surface area (Å²) in [5, 5.41) is 0. The maximum absolute atomic E-state index is 11.5. The number of fused-ring (bicyclic) bond motifs is 1. The van der Waals surface area contributed by atoms with Gasteiger partial charge in [-0.1, -0.05) is 24.3 Å². The Labute approximate surface area is 127 Å². The van der Waals surface area contributed by atoms with Crippen LogP contribution >= 0.6 is 15.9 Å². The van der Waals surface area contributed by atoms with Gasteiger partial charge < -0.3 is 4.90 Å². The van der Waals surface area contributed by atoms with E-state index in [1.165, 1.54) is 11.1 Å². The maximum Gasteiger partial charge on any atom is 0.160 e. The van der Waals surface area contributed by atoms with E-state index >= 15 is 0 Å². The lowest BCUT2D eigenvalue weighted by Gasteiger charge is -2.31. The molecule has 0 radical (unpaired) electrons. The molecular weight excluding hydrogens is 314 g/mol. The number of rotatable bonds is 2. The molecule has 3 rings (SSSR count). The fourth-order valence-electron chi connectivity index (χ4n) is 2.70. The molecule has 0 bridgehead atoms. The predicted octanol–water partition coefficient (Wildman–Crippen LogP) is 4.21. The summed E-state index contributed by atoms with van der Waals surface area (Å²) in [6.45, 7) is 3.54.